The third kappa shape index (κ3) is 2.82. The first-order valence-corrected chi connectivity index (χ1v) is 9.47. The van der Waals surface area contributed by atoms with Crippen molar-refractivity contribution in [2.75, 3.05) is 0 Å². The van der Waals surface area contributed by atoms with Crippen molar-refractivity contribution in [1.82, 2.24) is 9.55 Å². The van der Waals surface area contributed by atoms with Gasteiger partial charge in [0.15, 0.2) is 5.78 Å². The lowest BCUT2D eigenvalue weighted by Gasteiger charge is -2.18. The van der Waals surface area contributed by atoms with Crippen LogP contribution < -0.4 is 5.56 Å². The summed E-state index contributed by atoms with van der Waals surface area (Å²) in [5.41, 5.74) is 2.81. The molecular weight excluding hydrogens is 332 g/mol. The number of ketones is 1. The van der Waals surface area contributed by atoms with E-state index in [1.54, 1.807) is 11.3 Å². The van der Waals surface area contributed by atoms with Gasteiger partial charge in [0.2, 0.25) is 0 Å². The Morgan fingerprint density at radius 3 is 2.84 bits per heavy atom. The van der Waals surface area contributed by atoms with Crippen LogP contribution in [0.1, 0.15) is 52.0 Å². The van der Waals surface area contributed by atoms with Gasteiger partial charge in [-0.15, -0.1) is 11.3 Å². The number of hydrogen-bond acceptors (Lipinski definition) is 4. The molecule has 0 saturated heterocycles. The van der Waals surface area contributed by atoms with Gasteiger partial charge in [0.1, 0.15) is 4.83 Å². The number of Topliss-reactive ketones (excluding diaryl/α,β-unsaturated/α-hetero) is 1. The van der Waals surface area contributed by atoms with Crippen molar-refractivity contribution in [3.63, 3.8) is 0 Å². The molecule has 0 radical (unpaired) electrons. The van der Waals surface area contributed by atoms with Crippen LogP contribution in [0.25, 0.3) is 10.2 Å². The maximum atomic E-state index is 13.0. The third-order valence-corrected chi connectivity index (χ3v) is 6.19. The minimum absolute atomic E-state index is 0.0316. The van der Waals surface area contributed by atoms with Gasteiger partial charge in [-0.1, -0.05) is 36.8 Å². The fourth-order valence-electron chi connectivity index (χ4n) is 3.61. The summed E-state index contributed by atoms with van der Waals surface area (Å²) in [4.78, 5) is 32.1. The second kappa shape index (κ2) is 6.23. The summed E-state index contributed by atoms with van der Waals surface area (Å²) < 4.78 is 1.46. The van der Waals surface area contributed by atoms with E-state index in [0.29, 0.717) is 11.5 Å². The number of thiophene rings is 1. The third-order valence-electron chi connectivity index (χ3n) is 5.01. The first-order valence-electron chi connectivity index (χ1n) is 8.65. The number of benzene rings is 1. The van der Waals surface area contributed by atoms with Crippen molar-refractivity contribution < 1.29 is 4.79 Å². The average Bonchev–Trinajstić information content (AvgIpc) is 2.98. The van der Waals surface area contributed by atoms with E-state index in [4.69, 9.17) is 0 Å². The van der Waals surface area contributed by atoms with Crippen LogP contribution in [0.4, 0.5) is 0 Å². The van der Waals surface area contributed by atoms with Crippen LogP contribution >= 0.6 is 11.3 Å². The number of nitrogens with zero attached hydrogens (tertiary/aromatic N) is 2. The van der Waals surface area contributed by atoms with Gasteiger partial charge in [-0.3, -0.25) is 14.2 Å². The highest BCUT2D eigenvalue weighted by atomic mass is 32.1. The molecule has 25 heavy (non-hydrogen) atoms. The molecule has 1 aliphatic carbocycles. The number of aryl methyl sites for hydroxylation is 2. The quantitative estimate of drug-likeness (QED) is 0.667. The highest BCUT2D eigenvalue weighted by Gasteiger charge is 2.25. The molecule has 1 atom stereocenters. The summed E-state index contributed by atoms with van der Waals surface area (Å²) in [6.45, 7) is 4.19. The zero-order valence-corrected chi connectivity index (χ0v) is 15.2. The molecule has 2 heterocycles. The van der Waals surface area contributed by atoms with E-state index < -0.39 is 0 Å². The van der Waals surface area contributed by atoms with Crippen molar-refractivity contribution >= 4 is 27.3 Å². The number of carbonyl (C=O) groups is 1. The second-order valence-corrected chi connectivity index (χ2v) is 7.96. The second-order valence-electron chi connectivity index (χ2n) is 6.88. The van der Waals surface area contributed by atoms with Gasteiger partial charge in [-0.25, -0.2) is 4.98 Å². The van der Waals surface area contributed by atoms with Gasteiger partial charge in [0, 0.05) is 10.4 Å². The Morgan fingerprint density at radius 1 is 1.32 bits per heavy atom. The molecule has 4 rings (SSSR count). The SMILES string of the molecule is Cc1ccc(C(=O)Cn2cnc3sc4c(c3c2=O)C(C)CCC4)cc1. The van der Waals surface area contributed by atoms with Gasteiger partial charge < -0.3 is 0 Å². The van der Waals surface area contributed by atoms with Gasteiger partial charge in [-0.05, 0) is 37.7 Å². The molecule has 2 aromatic heterocycles. The van der Waals surface area contributed by atoms with Crippen LogP contribution in [-0.4, -0.2) is 15.3 Å². The molecule has 128 valence electrons. The minimum Gasteiger partial charge on any atom is -0.292 e. The van der Waals surface area contributed by atoms with E-state index in [2.05, 4.69) is 11.9 Å². The molecule has 0 fully saturated rings. The Morgan fingerprint density at radius 2 is 2.08 bits per heavy atom. The van der Waals surface area contributed by atoms with E-state index in [1.165, 1.54) is 27.8 Å². The Balaban J connectivity index is 1.74. The van der Waals surface area contributed by atoms with Crippen LogP contribution in [0, 0.1) is 6.92 Å². The summed E-state index contributed by atoms with van der Waals surface area (Å²) >= 11 is 1.63. The average molecular weight is 352 g/mol. The Labute approximate surface area is 150 Å². The molecule has 0 spiro atoms. The fourth-order valence-corrected chi connectivity index (χ4v) is 4.90. The lowest BCUT2D eigenvalue weighted by atomic mass is 9.88. The zero-order chi connectivity index (χ0) is 17.6. The van der Waals surface area contributed by atoms with Gasteiger partial charge in [0.25, 0.3) is 5.56 Å². The first kappa shape index (κ1) is 16.2. The number of aromatic nitrogens is 2. The molecule has 5 heteroatoms. The van der Waals surface area contributed by atoms with Crippen molar-refractivity contribution in [2.24, 2.45) is 0 Å². The molecular formula is C20H20N2O2S. The summed E-state index contributed by atoms with van der Waals surface area (Å²) in [7, 11) is 0. The fraction of sp³-hybridized carbons (Fsp3) is 0.350. The topological polar surface area (TPSA) is 52.0 Å². The van der Waals surface area contributed by atoms with Gasteiger partial charge in [-0.2, -0.15) is 0 Å². The smallest absolute Gasteiger partial charge is 0.262 e. The first-order chi connectivity index (χ1) is 12.0. The molecule has 0 N–H and O–H groups in total. The van der Waals surface area contributed by atoms with Gasteiger partial charge in [0.05, 0.1) is 18.3 Å². The Kier molecular flexibility index (Phi) is 4.04. The van der Waals surface area contributed by atoms with Crippen LogP contribution in [0.2, 0.25) is 0 Å². The molecule has 0 saturated carbocycles. The van der Waals surface area contributed by atoms with Crippen LogP contribution in [0.5, 0.6) is 0 Å². The number of carbonyl (C=O) groups excluding carboxylic acids is 1. The monoisotopic (exact) mass is 352 g/mol. The highest BCUT2D eigenvalue weighted by molar-refractivity contribution is 7.18. The molecule has 0 aliphatic heterocycles. The van der Waals surface area contributed by atoms with E-state index in [9.17, 15) is 9.59 Å². The van der Waals surface area contributed by atoms with Crippen LogP contribution in [0.15, 0.2) is 35.4 Å². The number of rotatable bonds is 3. The van der Waals surface area contributed by atoms with E-state index in [0.717, 1.165) is 28.6 Å². The van der Waals surface area contributed by atoms with E-state index >= 15 is 0 Å². The van der Waals surface area contributed by atoms with Crippen molar-refractivity contribution in [3.05, 3.63) is 62.5 Å². The predicted octanol–water partition coefficient (Wildman–Crippen LogP) is 4.09. The summed E-state index contributed by atoms with van der Waals surface area (Å²) in [5, 5.41) is 0.728. The van der Waals surface area contributed by atoms with Gasteiger partial charge >= 0.3 is 0 Å². The predicted molar refractivity (Wildman–Crippen MR) is 101 cm³/mol. The molecule has 0 bridgehead atoms. The number of fused-ring (bicyclic) bond motifs is 3. The summed E-state index contributed by atoms with van der Waals surface area (Å²) in [6, 6.07) is 7.44. The molecule has 1 aliphatic rings. The maximum Gasteiger partial charge on any atom is 0.262 e. The molecule has 4 nitrogen and oxygen atoms in total. The molecule has 1 aromatic carbocycles. The number of hydrogen-bond donors (Lipinski definition) is 0. The molecule has 3 aromatic rings. The van der Waals surface area contributed by atoms with Crippen molar-refractivity contribution in [2.45, 2.75) is 45.6 Å². The maximum absolute atomic E-state index is 13.0. The summed E-state index contributed by atoms with van der Waals surface area (Å²) in [6.07, 6.45) is 4.82. The molecule has 0 amide bonds. The normalized spacial score (nSPS) is 16.8. The van der Waals surface area contributed by atoms with E-state index in [-0.39, 0.29) is 17.9 Å². The van der Waals surface area contributed by atoms with Crippen LogP contribution in [-0.2, 0) is 13.0 Å². The lowest BCUT2D eigenvalue weighted by molar-refractivity contribution is 0.0970. The Bertz CT molecular complexity index is 1010. The highest BCUT2D eigenvalue weighted by Crippen LogP contribution is 2.39. The molecule has 1 unspecified atom stereocenters. The largest absolute Gasteiger partial charge is 0.292 e. The van der Waals surface area contributed by atoms with Crippen molar-refractivity contribution in [3.8, 4) is 0 Å². The zero-order valence-electron chi connectivity index (χ0n) is 14.4. The minimum atomic E-state index is -0.0864. The summed E-state index contributed by atoms with van der Waals surface area (Å²) in [5.74, 6) is 0.316. The van der Waals surface area contributed by atoms with E-state index in [1.807, 2.05) is 31.2 Å². The standard InChI is InChI=1S/C20H20N2O2S/c1-12-6-8-14(9-7-12)15(23)10-22-11-21-19-18(20(22)24)17-13(2)4-3-5-16(17)25-19/h6-9,11,13H,3-5,10H2,1-2H3. The van der Waals surface area contributed by atoms with Crippen molar-refractivity contribution in [1.29, 1.82) is 0 Å². The van der Waals surface area contributed by atoms with Crippen LogP contribution in [0.3, 0.4) is 0 Å². The lowest BCUT2D eigenvalue weighted by Crippen LogP contribution is -2.25. The Hall–Kier alpha value is -2.27.